The fraction of sp³-hybridized carbons (Fsp3) is 0.261. The van der Waals surface area contributed by atoms with Gasteiger partial charge in [0.25, 0.3) is 0 Å². The molecule has 1 aromatic heterocycles. The summed E-state index contributed by atoms with van der Waals surface area (Å²) in [4.78, 5) is 14.4. The molecule has 2 amide bonds. The number of benzene rings is 2. The number of urea groups is 1. The first kappa shape index (κ1) is 20.7. The number of carbonyl (C=O) groups excluding carboxylic acids is 1. The zero-order valence-electron chi connectivity index (χ0n) is 16.9. The van der Waals surface area contributed by atoms with E-state index in [4.69, 9.17) is 0 Å². The number of anilines is 3. The Kier molecular flexibility index (Phi) is 6.35. The normalized spacial score (nSPS) is 14.1. The van der Waals surface area contributed by atoms with E-state index < -0.39 is 17.7 Å². The van der Waals surface area contributed by atoms with E-state index in [9.17, 15) is 13.6 Å². The van der Waals surface area contributed by atoms with E-state index in [-0.39, 0.29) is 5.69 Å². The number of nitrogens with zero attached hydrogens (tertiary/aromatic N) is 3. The van der Waals surface area contributed by atoms with Crippen molar-refractivity contribution in [1.82, 2.24) is 10.2 Å². The van der Waals surface area contributed by atoms with Crippen LogP contribution < -0.4 is 15.5 Å². The summed E-state index contributed by atoms with van der Waals surface area (Å²) < 4.78 is 26.2. The lowest BCUT2D eigenvalue weighted by atomic mass is 10.1. The van der Waals surface area contributed by atoms with Gasteiger partial charge in [-0.25, -0.2) is 13.6 Å². The van der Waals surface area contributed by atoms with Crippen LogP contribution in [0, 0.1) is 11.6 Å². The Labute approximate surface area is 179 Å². The van der Waals surface area contributed by atoms with Crippen molar-refractivity contribution in [2.75, 3.05) is 28.6 Å². The summed E-state index contributed by atoms with van der Waals surface area (Å²) in [6, 6.07) is 13.7. The molecular weight excluding hydrogens is 400 g/mol. The summed E-state index contributed by atoms with van der Waals surface area (Å²) in [6.07, 6.45) is 4.89. The maximum atomic E-state index is 13.3. The Morgan fingerprint density at radius 2 is 1.45 bits per heavy atom. The van der Waals surface area contributed by atoms with Crippen LogP contribution in [-0.2, 0) is 0 Å². The fourth-order valence-electron chi connectivity index (χ4n) is 3.54. The average molecular weight is 423 g/mol. The Morgan fingerprint density at radius 1 is 0.774 bits per heavy atom. The van der Waals surface area contributed by atoms with E-state index >= 15 is 0 Å². The topological polar surface area (TPSA) is 70.2 Å². The van der Waals surface area contributed by atoms with Gasteiger partial charge in [-0.05, 0) is 49.2 Å². The zero-order valence-corrected chi connectivity index (χ0v) is 16.9. The number of rotatable bonds is 4. The van der Waals surface area contributed by atoms with Crippen LogP contribution in [-0.4, -0.2) is 29.3 Å². The molecule has 0 bridgehead atoms. The monoisotopic (exact) mass is 423 g/mol. The number of hydrogen-bond donors (Lipinski definition) is 2. The predicted octanol–water partition coefficient (Wildman–Crippen LogP) is 5.45. The van der Waals surface area contributed by atoms with Crippen molar-refractivity contribution in [3.63, 3.8) is 0 Å². The third-order valence-electron chi connectivity index (χ3n) is 5.20. The third kappa shape index (κ3) is 5.33. The highest BCUT2D eigenvalue weighted by molar-refractivity contribution is 5.99. The van der Waals surface area contributed by atoms with Crippen LogP contribution in [0.4, 0.5) is 30.8 Å². The second kappa shape index (κ2) is 9.51. The first-order valence-electron chi connectivity index (χ1n) is 10.3. The van der Waals surface area contributed by atoms with Crippen LogP contribution in [0.5, 0.6) is 0 Å². The Hall–Kier alpha value is -3.55. The van der Waals surface area contributed by atoms with Crippen molar-refractivity contribution in [1.29, 1.82) is 0 Å². The van der Waals surface area contributed by atoms with Crippen LogP contribution in [0.3, 0.4) is 0 Å². The van der Waals surface area contributed by atoms with E-state index in [0.717, 1.165) is 42.3 Å². The van der Waals surface area contributed by atoms with Crippen LogP contribution in [0.25, 0.3) is 11.3 Å². The second-order valence-corrected chi connectivity index (χ2v) is 7.46. The van der Waals surface area contributed by atoms with E-state index in [0.29, 0.717) is 5.69 Å². The highest BCUT2D eigenvalue weighted by Gasteiger charge is 2.12. The smallest absolute Gasteiger partial charge is 0.323 e. The number of hydrogen-bond acceptors (Lipinski definition) is 4. The van der Waals surface area contributed by atoms with Crippen molar-refractivity contribution < 1.29 is 13.6 Å². The SMILES string of the molecule is O=C(Nc1ccc(-c2ccc(N3CCCCCC3)nn2)cc1)Nc1ccc(F)c(F)c1. The van der Waals surface area contributed by atoms with Gasteiger partial charge < -0.3 is 15.5 Å². The molecule has 0 spiro atoms. The van der Waals surface area contributed by atoms with Crippen molar-refractivity contribution >= 4 is 23.2 Å². The Morgan fingerprint density at radius 3 is 2.10 bits per heavy atom. The van der Waals surface area contributed by atoms with Crippen molar-refractivity contribution in [3.05, 3.63) is 66.2 Å². The summed E-state index contributed by atoms with van der Waals surface area (Å²) in [5.41, 5.74) is 2.34. The van der Waals surface area contributed by atoms with Gasteiger partial charge in [0.2, 0.25) is 0 Å². The predicted molar refractivity (Wildman–Crippen MR) is 117 cm³/mol. The lowest BCUT2D eigenvalue weighted by Crippen LogP contribution is -2.25. The van der Waals surface area contributed by atoms with Crippen LogP contribution in [0.1, 0.15) is 25.7 Å². The van der Waals surface area contributed by atoms with E-state index in [1.807, 2.05) is 24.3 Å². The van der Waals surface area contributed by atoms with Crippen LogP contribution in [0.2, 0.25) is 0 Å². The van der Waals surface area contributed by atoms with Gasteiger partial charge >= 0.3 is 6.03 Å². The molecule has 1 saturated heterocycles. The van der Waals surface area contributed by atoms with Gasteiger partial charge in [0, 0.05) is 36.1 Å². The molecule has 2 aromatic carbocycles. The molecule has 1 fully saturated rings. The van der Waals surface area contributed by atoms with Crippen molar-refractivity contribution in [2.24, 2.45) is 0 Å². The highest BCUT2D eigenvalue weighted by atomic mass is 19.2. The maximum absolute atomic E-state index is 13.3. The van der Waals surface area contributed by atoms with Gasteiger partial charge in [0.05, 0.1) is 5.69 Å². The number of carbonyl (C=O) groups is 1. The average Bonchev–Trinajstić information content (AvgIpc) is 3.07. The van der Waals surface area contributed by atoms with Crippen molar-refractivity contribution in [3.8, 4) is 11.3 Å². The molecule has 3 aromatic rings. The van der Waals surface area contributed by atoms with E-state index in [1.54, 1.807) is 12.1 Å². The van der Waals surface area contributed by atoms with Gasteiger partial charge in [0.15, 0.2) is 17.5 Å². The number of halogens is 2. The molecule has 6 nitrogen and oxygen atoms in total. The van der Waals surface area contributed by atoms with Gasteiger partial charge in [0.1, 0.15) is 0 Å². The third-order valence-corrected chi connectivity index (χ3v) is 5.20. The van der Waals surface area contributed by atoms with E-state index in [1.165, 1.54) is 31.7 Å². The minimum Gasteiger partial charge on any atom is -0.355 e. The minimum absolute atomic E-state index is 0.160. The molecule has 2 heterocycles. The van der Waals surface area contributed by atoms with Gasteiger partial charge in [-0.1, -0.05) is 25.0 Å². The minimum atomic E-state index is -1.02. The molecule has 0 unspecified atom stereocenters. The molecule has 0 atom stereocenters. The lowest BCUT2D eigenvalue weighted by molar-refractivity contribution is 0.262. The molecule has 1 aliphatic rings. The zero-order chi connectivity index (χ0) is 21.6. The Bertz CT molecular complexity index is 1030. The molecule has 4 rings (SSSR count). The molecular formula is C23H23F2N5O. The number of nitrogens with one attached hydrogen (secondary N) is 2. The molecule has 0 aliphatic carbocycles. The van der Waals surface area contributed by atoms with Crippen LogP contribution in [0.15, 0.2) is 54.6 Å². The molecule has 0 saturated carbocycles. The van der Waals surface area contributed by atoms with Gasteiger partial charge in [-0.2, -0.15) is 0 Å². The second-order valence-electron chi connectivity index (χ2n) is 7.46. The molecule has 31 heavy (non-hydrogen) atoms. The summed E-state index contributed by atoms with van der Waals surface area (Å²) >= 11 is 0. The highest BCUT2D eigenvalue weighted by Crippen LogP contribution is 2.22. The standard InChI is InChI=1S/C23H23F2N5O/c24-19-10-9-18(15-20(19)25)27-23(31)26-17-7-5-16(6-8-17)21-11-12-22(29-28-21)30-13-3-1-2-4-14-30/h5-12,15H,1-4,13-14H2,(H2,26,27,31). The first-order valence-corrected chi connectivity index (χ1v) is 10.3. The summed E-state index contributed by atoms with van der Waals surface area (Å²) in [5, 5.41) is 13.9. The van der Waals surface area contributed by atoms with Crippen molar-refractivity contribution in [2.45, 2.75) is 25.7 Å². The fourth-order valence-corrected chi connectivity index (χ4v) is 3.54. The summed E-state index contributed by atoms with van der Waals surface area (Å²) in [5.74, 6) is -1.09. The summed E-state index contributed by atoms with van der Waals surface area (Å²) in [6.45, 7) is 2.03. The largest absolute Gasteiger partial charge is 0.355 e. The number of amides is 2. The molecule has 0 radical (unpaired) electrons. The number of aromatic nitrogens is 2. The van der Waals surface area contributed by atoms with Gasteiger partial charge in [-0.15, -0.1) is 10.2 Å². The molecule has 1 aliphatic heterocycles. The molecule has 160 valence electrons. The van der Waals surface area contributed by atoms with Gasteiger partial charge in [-0.3, -0.25) is 0 Å². The maximum Gasteiger partial charge on any atom is 0.323 e. The summed E-state index contributed by atoms with van der Waals surface area (Å²) in [7, 11) is 0. The lowest BCUT2D eigenvalue weighted by Gasteiger charge is -2.20. The molecule has 2 N–H and O–H groups in total. The molecule has 8 heteroatoms. The van der Waals surface area contributed by atoms with Crippen LogP contribution >= 0.6 is 0 Å². The Balaban J connectivity index is 1.37. The van der Waals surface area contributed by atoms with E-state index in [2.05, 4.69) is 25.7 Å². The first-order chi connectivity index (χ1) is 15.1. The quantitative estimate of drug-likeness (QED) is 0.586.